The Morgan fingerprint density at radius 2 is 2.14 bits per heavy atom. The summed E-state index contributed by atoms with van der Waals surface area (Å²) in [4.78, 5) is 5.28. The lowest BCUT2D eigenvalue weighted by Gasteiger charge is -2.22. The van der Waals surface area contributed by atoms with Gasteiger partial charge in [0.15, 0.2) is 0 Å². The van der Waals surface area contributed by atoms with Gasteiger partial charge in [0.1, 0.15) is 0 Å². The predicted octanol–water partition coefficient (Wildman–Crippen LogP) is 2.29. The van der Waals surface area contributed by atoms with Crippen molar-refractivity contribution in [1.29, 1.82) is 0 Å². The number of hydrogen-bond donors (Lipinski definition) is 0. The van der Waals surface area contributed by atoms with E-state index in [0.717, 1.165) is 5.02 Å². The number of hydrogen-bond acceptors (Lipinski definition) is 3. The summed E-state index contributed by atoms with van der Waals surface area (Å²) in [6.45, 7) is 0.627. The van der Waals surface area contributed by atoms with E-state index in [1.807, 2.05) is 30.5 Å². The molecule has 4 heteroatoms. The Labute approximate surface area is 87.9 Å². The second kappa shape index (κ2) is 3.98. The Morgan fingerprint density at radius 1 is 1.43 bits per heavy atom. The number of hydrazone groups is 1. The minimum atomic E-state index is 0.225. The molecule has 0 bridgehead atoms. The predicted molar refractivity (Wildman–Crippen MR) is 56.4 cm³/mol. The molecule has 1 aromatic carbocycles. The normalized spacial score (nSPS) is 21.3. The van der Waals surface area contributed by atoms with Crippen molar-refractivity contribution in [3.8, 4) is 0 Å². The zero-order valence-electron chi connectivity index (χ0n) is 7.85. The molecule has 1 aromatic rings. The molecule has 1 aliphatic heterocycles. The third kappa shape index (κ3) is 2.05. The number of benzene rings is 1. The first-order valence-electron chi connectivity index (χ1n) is 4.42. The molecule has 0 fully saturated rings. The summed E-state index contributed by atoms with van der Waals surface area (Å²) in [5, 5.41) is 6.28. The molecule has 14 heavy (non-hydrogen) atoms. The lowest BCUT2D eigenvalue weighted by atomic mass is 10.0. The van der Waals surface area contributed by atoms with E-state index in [9.17, 15) is 0 Å². The van der Waals surface area contributed by atoms with Crippen LogP contribution in [0.15, 0.2) is 29.4 Å². The van der Waals surface area contributed by atoms with Crippen LogP contribution in [0.4, 0.5) is 0 Å². The number of halogens is 1. The first kappa shape index (κ1) is 9.49. The summed E-state index contributed by atoms with van der Waals surface area (Å²) >= 11 is 5.80. The molecule has 2 rings (SSSR count). The highest BCUT2D eigenvalue weighted by Crippen LogP contribution is 2.19. The van der Waals surface area contributed by atoms with Gasteiger partial charge in [-0.25, -0.2) is 0 Å². The Morgan fingerprint density at radius 3 is 2.71 bits per heavy atom. The third-order valence-electron chi connectivity index (χ3n) is 2.15. The topological polar surface area (TPSA) is 24.8 Å². The molecule has 1 heterocycles. The Bertz CT molecular complexity index is 336. The minimum absolute atomic E-state index is 0.225. The molecule has 0 spiro atoms. The molecular weight excluding hydrogens is 200 g/mol. The molecule has 0 saturated heterocycles. The van der Waals surface area contributed by atoms with Crippen molar-refractivity contribution < 1.29 is 4.84 Å². The average molecular weight is 211 g/mol. The van der Waals surface area contributed by atoms with E-state index in [1.165, 1.54) is 10.7 Å². The molecule has 0 N–H and O–H groups in total. The molecule has 3 nitrogen and oxygen atoms in total. The zero-order chi connectivity index (χ0) is 9.97. The van der Waals surface area contributed by atoms with Crippen LogP contribution in [-0.4, -0.2) is 25.0 Å². The highest BCUT2D eigenvalue weighted by Gasteiger charge is 2.14. The maximum absolute atomic E-state index is 5.80. The van der Waals surface area contributed by atoms with Crippen LogP contribution in [0, 0.1) is 0 Å². The van der Waals surface area contributed by atoms with Gasteiger partial charge in [-0.3, -0.25) is 4.84 Å². The maximum atomic E-state index is 5.80. The van der Waals surface area contributed by atoms with Crippen LogP contribution in [0.1, 0.15) is 11.5 Å². The van der Waals surface area contributed by atoms with Crippen molar-refractivity contribution in [3.05, 3.63) is 34.9 Å². The Kier molecular flexibility index (Phi) is 2.70. The molecule has 1 aliphatic rings. The molecule has 1 unspecified atom stereocenters. The Hall–Kier alpha value is -1.06. The van der Waals surface area contributed by atoms with Crippen molar-refractivity contribution in [2.45, 2.75) is 5.92 Å². The van der Waals surface area contributed by atoms with E-state index in [-0.39, 0.29) is 5.92 Å². The summed E-state index contributed by atoms with van der Waals surface area (Å²) in [7, 11) is 1.77. The van der Waals surface area contributed by atoms with Gasteiger partial charge in [0.05, 0.1) is 13.7 Å². The second-order valence-electron chi connectivity index (χ2n) is 3.18. The largest absolute Gasteiger partial charge is 0.256 e. The van der Waals surface area contributed by atoms with Gasteiger partial charge in [0.2, 0.25) is 0 Å². The molecule has 0 aliphatic carbocycles. The SMILES string of the molecule is CN1N=CC(c2ccc(Cl)cc2)CO1. The van der Waals surface area contributed by atoms with Crippen LogP contribution in [0.2, 0.25) is 5.02 Å². The van der Waals surface area contributed by atoms with Crippen molar-refractivity contribution >= 4 is 17.8 Å². The van der Waals surface area contributed by atoms with Gasteiger partial charge < -0.3 is 0 Å². The van der Waals surface area contributed by atoms with Crippen LogP contribution in [0.5, 0.6) is 0 Å². The Balaban J connectivity index is 2.16. The molecule has 1 atom stereocenters. The minimum Gasteiger partial charge on any atom is -0.256 e. The first-order chi connectivity index (χ1) is 6.75. The molecule has 74 valence electrons. The van der Waals surface area contributed by atoms with Crippen molar-refractivity contribution in [2.75, 3.05) is 13.7 Å². The van der Waals surface area contributed by atoms with Gasteiger partial charge >= 0.3 is 0 Å². The standard InChI is InChI=1S/C10H11ClN2O/c1-13-12-6-9(7-14-13)8-2-4-10(11)5-3-8/h2-6,9H,7H2,1H3. The fraction of sp³-hybridized carbons (Fsp3) is 0.300. The number of nitrogens with zero attached hydrogens (tertiary/aromatic N) is 2. The third-order valence-corrected chi connectivity index (χ3v) is 2.40. The van der Waals surface area contributed by atoms with Gasteiger partial charge in [-0.05, 0) is 17.7 Å². The summed E-state index contributed by atoms with van der Waals surface area (Å²) < 4.78 is 0. The van der Waals surface area contributed by atoms with Gasteiger partial charge in [-0.15, -0.1) is 0 Å². The summed E-state index contributed by atoms with van der Waals surface area (Å²) in [6, 6.07) is 7.74. The molecule has 0 amide bonds. The van der Waals surface area contributed by atoms with E-state index in [0.29, 0.717) is 6.61 Å². The lowest BCUT2D eigenvalue weighted by molar-refractivity contribution is -0.147. The highest BCUT2D eigenvalue weighted by molar-refractivity contribution is 6.30. The van der Waals surface area contributed by atoms with Gasteiger partial charge in [0, 0.05) is 17.2 Å². The van der Waals surface area contributed by atoms with Crippen LogP contribution < -0.4 is 0 Å². The van der Waals surface area contributed by atoms with E-state index < -0.39 is 0 Å². The highest BCUT2D eigenvalue weighted by atomic mass is 35.5. The smallest absolute Gasteiger partial charge is 0.0886 e. The molecule has 0 radical (unpaired) electrons. The number of rotatable bonds is 1. The quantitative estimate of drug-likeness (QED) is 0.711. The molecule has 0 saturated carbocycles. The van der Waals surface area contributed by atoms with Crippen molar-refractivity contribution in [2.24, 2.45) is 5.10 Å². The van der Waals surface area contributed by atoms with E-state index in [1.54, 1.807) is 7.05 Å². The average Bonchev–Trinajstić information content (AvgIpc) is 2.21. The fourth-order valence-corrected chi connectivity index (χ4v) is 1.46. The van der Waals surface area contributed by atoms with E-state index in [2.05, 4.69) is 5.10 Å². The monoisotopic (exact) mass is 210 g/mol. The van der Waals surface area contributed by atoms with Crippen LogP contribution in [0.3, 0.4) is 0 Å². The van der Waals surface area contributed by atoms with Crippen LogP contribution >= 0.6 is 11.6 Å². The van der Waals surface area contributed by atoms with Gasteiger partial charge in [-0.1, -0.05) is 23.7 Å². The van der Waals surface area contributed by atoms with E-state index >= 15 is 0 Å². The van der Waals surface area contributed by atoms with Crippen molar-refractivity contribution in [1.82, 2.24) is 5.17 Å². The van der Waals surface area contributed by atoms with Gasteiger partial charge in [-0.2, -0.15) is 10.3 Å². The second-order valence-corrected chi connectivity index (χ2v) is 3.62. The summed E-state index contributed by atoms with van der Waals surface area (Å²) in [5.74, 6) is 0.225. The first-order valence-corrected chi connectivity index (χ1v) is 4.80. The van der Waals surface area contributed by atoms with Crippen molar-refractivity contribution in [3.63, 3.8) is 0 Å². The van der Waals surface area contributed by atoms with Gasteiger partial charge in [0.25, 0.3) is 0 Å². The molecular formula is C10H11ClN2O. The fourth-order valence-electron chi connectivity index (χ4n) is 1.33. The maximum Gasteiger partial charge on any atom is 0.0886 e. The summed E-state index contributed by atoms with van der Waals surface area (Å²) in [6.07, 6.45) is 1.88. The lowest BCUT2D eigenvalue weighted by Crippen LogP contribution is -2.24. The van der Waals surface area contributed by atoms with Crippen LogP contribution in [0.25, 0.3) is 0 Å². The zero-order valence-corrected chi connectivity index (χ0v) is 8.61. The summed E-state index contributed by atoms with van der Waals surface area (Å²) in [5.41, 5.74) is 1.17. The molecule has 0 aromatic heterocycles. The number of hydroxylamine groups is 1. The van der Waals surface area contributed by atoms with E-state index in [4.69, 9.17) is 16.4 Å². The van der Waals surface area contributed by atoms with Crippen LogP contribution in [-0.2, 0) is 4.84 Å².